The fourth-order valence-corrected chi connectivity index (χ4v) is 1.87. The van der Waals surface area contributed by atoms with Crippen molar-refractivity contribution in [3.8, 4) is 0 Å². The maximum absolute atomic E-state index is 12.1. The second-order valence-corrected chi connectivity index (χ2v) is 6.01. The number of nitrogens with one attached hydrogen (secondary N) is 1. The SMILES string of the molecule is Cc1ccc(Cl)cc1C(=O)NC(C(=O)O)C(C)(C)C. The second kappa shape index (κ2) is 5.61. The van der Waals surface area contributed by atoms with Gasteiger partial charge in [0.2, 0.25) is 0 Å². The third-order valence-electron chi connectivity index (χ3n) is 2.83. The predicted molar refractivity (Wildman–Crippen MR) is 74.5 cm³/mol. The van der Waals surface area contributed by atoms with E-state index in [0.717, 1.165) is 5.56 Å². The molecule has 1 unspecified atom stereocenters. The van der Waals surface area contributed by atoms with Crippen molar-refractivity contribution < 1.29 is 14.7 Å². The van der Waals surface area contributed by atoms with E-state index in [9.17, 15) is 14.7 Å². The van der Waals surface area contributed by atoms with Crippen LogP contribution in [0.5, 0.6) is 0 Å². The fraction of sp³-hybridized carbons (Fsp3) is 0.429. The molecule has 0 aliphatic rings. The molecular formula is C14H18ClNO3. The van der Waals surface area contributed by atoms with Crippen LogP contribution in [0.25, 0.3) is 0 Å². The number of halogens is 1. The van der Waals surface area contributed by atoms with Gasteiger partial charge in [0, 0.05) is 10.6 Å². The molecule has 1 aromatic carbocycles. The van der Waals surface area contributed by atoms with Gasteiger partial charge in [-0.15, -0.1) is 0 Å². The number of aliphatic carboxylic acids is 1. The van der Waals surface area contributed by atoms with Gasteiger partial charge in [0.25, 0.3) is 5.91 Å². The van der Waals surface area contributed by atoms with E-state index >= 15 is 0 Å². The van der Waals surface area contributed by atoms with E-state index in [4.69, 9.17) is 11.6 Å². The lowest BCUT2D eigenvalue weighted by atomic mass is 9.86. The number of hydrogen-bond acceptors (Lipinski definition) is 2. The number of aryl methyl sites for hydroxylation is 1. The third kappa shape index (κ3) is 3.96. The highest BCUT2D eigenvalue weighted by Gasteiger charge is 2.33. The zero-order valence-electron chi connectivity index (χ0n) is 11.5. The highest BCUT2D eigenvalue weighted by molar-refractivity contribution is 6.31. The standard InChI is InChI=1S/C14H18ClNO3/c1-8-5-6-9(15)7-10(8)12(17)16-11(13(18)19)14(2,3)4/h5-7,11H,1-4H3,(H,16,17)(H,18,19). The fourth-order valence-electron chi connectivity index (χ4n) is 1.70. The molecule has 4 nitrogen and oxygen atoms in total. The lowest BCUT2D eigenvalue weighted by Gasteiger charge is -2.28. The van der Waals surface area contributed by atoms with Gasteiger partial charge < -0.3 is 10.4 Å². The minimum absolute atomic E-state index is 0.392. The summed E-state index contributed by atoms with van der Waals surface area (Å²) in [6.45, 7) is 7.06. The average molecular weight is 284 g/mol. The van der Waals surface area contributed by atoms with Gasteiger partial charge >= 0.3 is 5.97 Å². The molecule has 0 aliphatic carbocycles. The molecule has 0 aromatic heterocycles. The quantitative estimate of drug-likeness (QED) is 0.896. The number of carbonyl (C=O) groups is 2. The molecule has 0 spiro atoms. The predicted octanol–water partition coefficient (Wildman–Crippen LogP) is 2.88. The van der Waals surface area contributed by atoms with Gasteiger partial charge in [0.15, 0.2) is 0 Å². The molecule has 1 amide bonds. The molecule has 1 rings (SSSR count). The Kier molecular flexibility index (Phi) is 4.58. The Bertz CT molecular complexity index is 506. The van der Waals surface area contributed by atoms with Crippen molar-refractivity contribution in [3.63, 3.8) is 0 Å². The van der Waals surface area contributed by atoms with Gasteiger partial charge in [-0.2, -0.15) is 0 Å². The normalized spacial score (nSPS) is 12.9. The Balaban J connectivity index is 3.01. The summed E-state index contributed by atoms with van der Waals surface area (Å²) in [5.74, 6) is -1.48. The summed E-state index contributed by atoms with van der Waals surface area (Å²) in [5, 5.41) is 12.2. The van der Waals surface area contributed by atoms with E-state index in [1.165, 1.54) is 6.07 Å². The van der Waals surface area contributed by atoms with Gasteiger partial charge in [0.1, 0.15) is 6.04 Å². The zero-order chi connectivity index (χ0) is 14.8. The number of amides is 1. The lowest BCUT2D eigenvalue weighted by molar-refractivity contribution is -0.142. The Morgan fingerprint density at radius 3 is 2.37 bits per heavy atom. The Hall–Kier alpha value is -1.55. The van der Waals surface area contributed by atoms with Crippen molar-refractivity contribution in [1.82, 2.24) is 5.32 Å². The van der Waals surface area contributed by atoms with Crippen molar-refractivity contribution in [2.45, 2.75) is 33.7 Å². The summed E-state index contributed by atoms with van der Waals surface area (Å²) >= 11 is 5.85. The number of carbonyl (C=O) groups excluding carboxylic acids is 1. The molecular weight excluding hydrogens is 266 g/mol. The summed E-state index contributed by atoms with van der Waals surface area (Å²) in [7, 11) is 0. The zero-order valence-corrected chi connectivity index (χ0v) is 12.2. The first-order valence-electron chi connectivity index (χ1n) is 5.92. The molecule has 0 saturated heterocycles. The molecule has 1 atom stereocenters. The van der Waals surface area contributed by atoms with Crippen molar-refractivity contribution in [2.75, 3.05) is 0 Å². The summed E-state index contributed by atoms with van der Waals surface area (Å²) in [6, 6.07) is 3.99. The van der Waals surface area contributed by atoms with Crippen molar-refractivity contribution >= 4 is 23.5 Å². The molecule has 1 aromatic rings. The molecule has 104 valence electrons. The van der Waals surface area contributed by atoms with Crippen LogP contribution in [0.4, 0.5) is 0 Å². The number of hydrogen-bond donors (Lipinski definition) is 2. The first-order valence-corrected chi connectivity index (χ1v) is 6.30. The van der Waals surface area contributed by atoms with Gasteiger partial charge in [-0.3, -0.25) is 4.79 Å². The van der Waals surface area contributed by atoms with Crippen LogP contribution in [-0.2, 0) is 4.79 Å². The van der Waals surface area contributed by atoms with Crippen molar-refractivity contribution in [1.29, 1.82) is 0 Å². The Morgan fingerprint density at radius 1 is 1.32 bits per heavy atom. The van der Waals surface area contributed by atoms with Crippen LogP contribution in [0.2, 0.25) is 5.02 Å². The van der Waals surface area contributed by atoms with Crippen molar-refractivity contribution in [2.24, 2.45) is 5.41 Å². The maximum atomic E-state index is 12.1. The van der Waals surface area contributed by atoms with E-state index in [2.05, 4.69) is 5.32 Å². The third-order valence-corrected chi connectivity index (χ3v) is 3.07. The van der Waals surface area contributed by atoms with Crippen LogP contribution in [0.15, 0.2) is 18.2 Å². The monoisotopic (exact) mass is 283 g/mol. The molecule has 0 fully saturated rings. The average Bonchev–Trinajstić information content (AvgIpc) is 2.26. The van der Waals surface area contributed by atoms with Gasteiger partial charge in [-0.05, 0) is 30.0 Å². The van der Waals surface area contributed by atoms with Gasteiger partial charge in [-0.1, -0.05) is 38.4 Å². The van der Waals surface area contributed by atoms with Crippen molar-refractivity contribution in [3.05, 3.63) is 34.3 Å². The van der Waals surface area contributed by atoms with Crippen LogP contribution >= 0.6 is 11.6 Å². The minimum Gasteiger partial charge on any atom is -0.480 e. The van der Waals surface area contributed by atoms with E-state index in [1.54, 1.807) is 39.8 Å². The number of carboxylic acid groups (broad SMARTS) is 1. The summed E-state index contributed by atoms with van der Waals surface area (Å²) in [5.41, 5.74) is 0.566. The summed E-state index contributed by atoms with van der Waals surface area (Å²) in [6.07, 6.45) is 0. The van der Waals surface area contributed by atoms with Crippen LogP contribution in [0.1, 0.15) is 36.7 Å². The maximum Gasteiger partial charge on any atom is 0.326 e. The van der Waals surface area contributed by atoms with Gasteiger partial charge in [-0.25, -0.2) is 4.79 Å². The molecule has 0 radical (unpaired) electrons. The van der Waals surface area contributed by atoms with E-state index in [1.807, 2.05) is 0 Å². The molecule has 0 aliphatic heterocycles. The molecule has 2 N–H and O–H groups in total. The molecule has 0 heterocycles. The topological polar surface area (TPSA) is 66.4 Å². The van der Waals surface area contributed by atoms with Gasteiger partial charge in [0.05, 0.1) is 0 Å². The van der Waals surface area contributed by atoms with Crippen LogP contribution < -0.4 is 5.32 Å². The van der Waals surface area contributed by atoms with Crippen LogP contribution in [0, 0.1) is 12.3 Å². The summed E-state index contributed by atoms with van der Waals surface area (Å²) in [4.78, 5) is 23.4. The Morgan fingerprint density at radius 2 is 1.89 bits per heavy atom. The van der Waals surface area contributed by atoms with E-state index < -0.39 is 23.3 Å². The smallest absolute Gasteiger partial charge is 0.326 e. The second-order valence-electron chi connectivity index (χ2n) is 5.57. The van der Waals surface area contributed by atoms with E-state index in [-0.39, 0.29) is 0 Å². The molecule has 19 heavy (non-hydrogen) atoms. The first kappa shape index (κ1) is 15.5. The van der Waals surface area contributed by atoms with Crippen LogP contribution in [0.3, 0.4) is 0 Å². The minimum atomic E-state index is -1.06. The lowest BCUT2D eigenvalue weighted by Crippen LogP contribution is -2.49. The number of carboxylic acids is 1. The molecule has 0 saturated carbocycles. The molecule has 0 bridgehead atoms. The Labute approximate surface area is 117 Å². The number of rotatable bonds is 3. The highest BCUT2D eigenvalue weighted by Crippen LogP contribution is 2.21. The molecule has 5 heteroatoms. The summed E-state index contributed by atoms with van der Waals surface area (Å²) < 4.78 is 0. The highest BCUT2D eigenvalue weighted by atomic mass is 35.5. The number of benzene rings is 1. The first-order chi connectivity index (χ1) is 8.62. The largest absolute Gasteiger partial charge is 0.480 e. The van der Waals surface area contributed by atoms with E-state index in [0.29, 0.717) is 10.6 Å². The van der Waals surface area contributed by atoms with Crippen LogP contribution in [-0.4, -0.2) is 23.0 Å².